The summed E-state index contributed by atoms with van der Waals surface area (Å²) < 4.78 is 5.76. The molecule has 0 aliphatic heterocycles. The lowest BCUT2D eigenvalue weighted by Gasteiger charge is -2.12. The van der Waals surface area contributed by atoms with Crippen LogP contribution in [0.1, 0.15) is 36.8 Å². The first-order chi connectivity index (χ1) is 9.68. The number of hydrogen-bond donors (Lipinski definition) is 1. The topological polar surface area (TPSA) is 64.4 Å². The molecule has 1 aliphatic carbocycles. The van der Waals surface area contributed by atoms with Crippen molar-refractivity contribution in [3.05, 3.63) is 39.4 Å². The van der Waals surface area contributed by atoms with Crippen LogP contribution in [-0.4, -0.2) is 24.2 Å². The van der Waals surface area contributed by atoms with Crippen LogP contribution in [0.4, 0.5) is 5.69 Å². The predicted molar refractivity (Wildman–Crippen MR) is 77.7 cm³/mol. The standard InChI is InChI=1S/C15H22N2O3/c1-12-13(5-4-8-15(12)17(18)19)11-16-9-10-20-14-6-2-3-7-14/h4-5,8,14,16H,2-3,6-7,9-11H2,1H3. The first kappa shape index (κ1) is 14.9. The smallest absolute Gasteiger partial charge is 0.272 e. The zero-order valence-corrected chi connectivity index (χ0v) is 11.9. The minimum absolute atomic E-state index is 0.187. The van der Waals surface area contributed by atoms with Crippen LogP contribution >= 0.6 is 0 Å². The van der Waals surface area contributed by atoms with E-state index in [-0.39, 0.29) is 10.6 Å². The van der Waals surface area contributed by atoms with Crippen molar-refractivity contribution < 1.29 is 9.66 Å². The lowest BCUT2D eigenvalue weighted by Crippen LogP contribution is -2.22. The lowest BCUT2D eigenvalue weighted by atomic mass is 10.1. The zero-order valence-electron chi connectivity index (χ0n) is 11.9. The molecule has 0 amide bonds. The molecule has 110 valence electrons. The largest absolute Gasteiger partial charge is 0.377 e. The van der Waals surface area contributed by atoms with Gasteiger partial charge in [-0.1, -0.05) is 25.0 Å². The summed E-state index contributed by atoms with van der Waals surface area (Å²) in [5.74, 6) is 0. The molecule has 0 heterocycles. The number of nitrogens with zero attached hydrogens (tertiary/aromatic N) is 1. The fourth-order valence-corrected chi connectivity index (χ4v) is 2.64. The Bertz CT molecular complexity index is 456. The van der Waals surface area contributed by atoms with E-state index in [0.717, 1.165) is 17.7 Å². The van der Waals surface area contributed by atoms with Gasteiger partial charge in [-0.05, 0) is 25.3 Å². The summed E-state index contributed by atoms with van der Waals surface area (Å²) in [6.45, 7) is 3.92. The number of ether oxygens (including phenoxy) is 1. The molecule has 2 rings (SSSR count). The number of nitro benzene ring substituents is 1. The Kier molecular flexibility index (Phi) is 5.49. The second kappa shape index (κ2) is 7.36. The fourth-order valence-electron chi connectivity index (χ4n) is 2.64. The first-order valence-electron chi connectivity index (χ1n) is 7.23. The van der Waals surface area contributed by atoms with E-state index in [1.165, 1.54) is 25.7 Å². The van der Waals surface area contributed by atoms with Crippen LogP contribution in [0.25, 0.3) is 0 Å². The fraction of sp³-hybridized carbons (Fsp3) is 0.600. The molecule has 1 aromatic rings. The molecule has 0 unspecified atom stereocenters. The minimum Gasteiger partial charge on any atom is -0.377 e. The third kappa shape index (κ3) is 4.02. The predicted octanol–water partition coefficient (Wildman–Crippen LogP) is 2.95. The average molecular weight is 278 g/mol. The normalized spacial score (nSPS) is 15.7. The molecule has 1 fully saturated rings. The summed E-state index contributed by atoms with van der Waals surface area (Å²) in [7, 11) is 0. The van der Waals surface area contributed by atoms with Gasteiger partial charge < -0.3 is 10.1 Å². The molecular formula is C15H22N2O3. The monoisotopic (exact) mass is 278 g/mol. The van der Waals surface area contributed by atoms with Crippen LogP contribution in [0, 0.1) is 17.0 Å². The van der Waals surface area contributed by atoms with Gasteiger partial charge in [-0.15, -0.1) is 0 Å². The molecule has 0 saturated heterocycles. The molecule has 0 radical (unpaired) electrons. The van der Waals surface area contributed by atoms with Crippen LogP contribution < -0.4 is 5.32 Å². The van der Waals surface area contributed by atoms with Crippen molar-refractivity contribution in [2.75, 3.05) is 13.2 Å². The van der Waals surface area contributed by atoms with Gasteiger partial charge in [0.25, 0.3) is 5.69 Å². The van der Waals surface area contributed by atoms with E-state index in [0.29, 0.717) is 19.3 Å². The van der Waals surface area contributed by atoms with Gasteiger partial charge in [-0.2, -0.15) is 0 Å². The van der Waals surface area contributed by atoms with E-state index in [4.69, 9.17) is 4.74 Å². The molecule has 0 spiro atoms. The van der Waals surface area contributed by atoms with Gasteiger partial charge in [0.15, 0.2) is 0 Å². The van der Waals surface area contributed by atoms with Gasteiger partial charge in [0.05, 0.1) is 17.6 Å². The molecule has 5 nitrogen and oxygen atoms in total. The highest BCUT2D eigenvalue weighted by atomic mass is 16.6. The van der Waals surface area contributed by atoms with Crippen molar-refractivity contribution in [2.24, 2.45) is 0 Å². The van der Waals surface area contributed by atoms with E-state index in [1.807, 2.05) is 6.07 Å². The van der Waals surface area contributed by atoms with E-state index >= 15 is 0 Å². The molecule has 0 atom stereocenters. The third-order valence-electron chi connectivity index (χ3n) is 3.86. The Morgan fingerprint density at radius 3 is 2.85 bits per heavy atom. The number of rotatable bonds is 7. The highest BCUT2D eigenvalue weighted by Crippen LogP contribution is 2.21. The van der Waals surface area contributed by atoms with Gasteiger partial charge >= 0.3 is 0 Å². The second-order valence-electron chi connectivity index (χ2n) is 5.27. The van der Waals surface area contributed by atoms with Crippen molar-refractivity contribution in [1.29, 1.82) is 0 Å². The SMILES string of the molecule is Cc1c(CNCCOC2CCCC2)cccc1[N+](=O)[O-]. The molecular weight excluding hydrogens is 256 g/mol. The van der Waals surface area contributed by atoms with Crippen LogP contribution in [0.5, 0.6) is 0 Å². The van der Waals surface area contributed by atoms with Crippen molar-refractivity contribution in [2.45, 2.75) is 45.3 Å². The Morgan fingerprint density at radius 2 is 2.15 bits per heavy atom. The maximum absolute atomic E-state index is 10.9. The Hall–Kier alpha value is -1.46. The average Bonchev–Trinajstić information content (AvgIpc) is 2.93. The highest BCUT2D eigenvalue weighted by molar-refractivity contribution is 5.44. The van der Waals surface area contributed by atoms with E-state index in [9.17, 15) is 10.1 Å². The molecule has 20 heavy (non-hydrogen) atoms. The van der Waals surface area contributed by atoms with Gasteiger partial charge in [0.1, 0.15) is 0 Å². The minimum atomic E-state index is -0.331. The van der Waals surface area contributed by atoms with Crippen LogP contribution in [0.3, 0.4) is 0 Å². The third-order valence-corrected chi connectivity index (χ3v) is 3.86. The van der Waals surface area contributed by atoms with Gasteiger partial charge in [0.2, 0.25) is 0 Å². The maximum Gasteiger partial charge on any atom is 0.272 e. The molecule has 0 aromatic heterocycles. The Balaban J connectivity index is 1.73. The van der Waals surface area contributed by atoms with Gasteiger partial charge in [-0.25, -0.2) is 0 Å². The van der Waals surface area contributed by atoms with E-state index in [1.54, 1.807) is 19.1 Å². The number of nitrogens with one attached hydrogen (secondary N) is 1. The molecule has 5 heteroatoms. The second-order valence-corrected chi connectivity index (χ2v) is 5.27. The molecule has 1 aliphatic rings. The summed E-state index contributed by atoms with van der Waals surface area (Å²) >= 11 is 0. The van der Waals surface area contributed by atoms with Crippen molar-refractivity contribution >= 4 is 5.69 Å². The quantitative estimate of drug-likeness (QED) is 0.473. The zero-order chi connectivity index (χ0) is 14.4. The summed E-state index contributed by atoms with van der Waals surface area (Å²) in [4.78, 5) is 10.5. The lowest BCUT2D eigenvalue weighted by molar-refractivity contribution is -0.385. The highest BCUT2D eigenvalue weighted by Gasteiger charge is 2.15. The van der Waals surface area contributed by atoms with Crippen molar-refractivity contribution in [3.63, 3.8) is 0 Å². The Morgan fingerprint density at radius 1 is 1.40 bits per heavy atom. The number of nitro groups is 1. The van der Waals surface area contributed by atoms with Gasteiger partial charge in [-0.3, -0.25) is 10.1 Å². The van der Waals surface area contributed by atoms with Gasteiger partial charge in [0, 0.05) is 24.7 Å². The van der Waals surface area contributed by atoms with E-state index in [2.05, 4.69) is 5.32 Å². The van der Waals surface area contributed by atoms with Crippen LogP contribution in [-0.2, 0) is 11.3 Å². The molecule has 1 aromatic carbocycles. The van der Waals surface area contributed by atoms with Crippen LogP contribution in [0.2, 0.25) is 0 Å². The Labute approximate surface area is 119 Å². The van der Waals surface area contributed by atoms with Crippen molar-refractivity contribution in [1.82, 2.24) is 5.32 Å². The summed E-state index contributed by atoms with van der Waals surface area (Å²) in [6, 6.07) is 5.20. The summed E-state index contributed by atoms with van der Waals surface area (Å²) in [6.07, 6.45) is 5.38. The van der Waals surface area contributed by atoms with Crippen molar-refractivity contribution in [3.8, 4) is 0 Å². The van der Waals surface area contributed by atoms with E-state index < -0.39 is 0 Å². The van der Waals surface area contributed by atoms with Crippen LogP contribution in [0.15, 0.2) is 18.2 Å². The molecule has 1 saturated carbocycles. The maximum atomic E-state index is 10.9. The molecule has 0 bridgehead atoms. The first-order valence-corrected chi connectivity index (χ1v) is 7.23. The number of hydrogen-bond acceptors (Lipinski definition) is 4. The summed E-state index contributed by atoms with van der Waals surface area (Å²) in [5, 5.41) is 14.1. The summed E-state index contributed by atoms with van der Waals surface area (Å²) in [5.41, 5.74) is 1.90. The number of benzene rings is 1. The molecule has 1 N–H and O–H groups in total.